The highest BCUT2D eigenvalue weighted by molar-refractivity contribution is 6.31. The van der Waals surface area contributed by atoms with Gasteiger partial charge in [-0.1, -0.05) is 29.8 Å². The molecular weight excluding hydrogens is 516 g/mol. The van der Waals surface area contributed by atoms with Crippen LogP contribution in [0.1, 0.15) is 68.4 Å². The van der Waals surface area contributed by atoms with Crippen molar-refractivity contribution in [3.05, 3.63) is 58.6 Å². The van der Waals surface area contributed by atoms with Crippen LogP contribution in [0.3, 0.4) is 0 Å². The molecule has 1 unspecified atom stereocenters. The van der Waals surface area contributed by atoms with Crippen molar-refractivity contribution in [2.24, 2.45) is 5.92 Å². The zero-order chi connectivity index (χ0) is 27.7. The molecule has 1 saturated carbocycles. The van der Waals surface area contributed by atoms with E-state index in [1.54, 1.807) is 11.0 Å². The number of halogens is 1. The molecular formula is C30H37ClN4O4. The van der Waals surface area contributed by atoms with Crippen LogP contribution in [0.2, 0.25) is 5.02 Å². The Hall–Kier alpha value is -3.26. The van der Waals surface area contributed by atoms with Crippen LogP contribution in [-0.4, -0.2) is 66.0 Å². The van der Waals surface area contributed by atoms with E-state index >= 15 is 0 Å². The van der Waals surface area contributed by atoms with Crippen molar-refractivity contribution < 1.29 is 19.1 Å². The van der Waals surface area contributed by atoms with Gasteiger partial charge in [-0.25, -0.2) is 4.79 Å². The quantitative estimate of drug-likeness (QED) is 0.513. The highest BCUT2D eigenvalue weighted by Gasteiger charge is 2.38. The molecule has 5 rings (SSSR count). The predicted molar refractivity (Wildman–Crippen MR) is 152 cm³/mol. The van der Waals surface area contributed by atoms with E-state index in [1.807, 2.05) is 62.1 Å². The molecule has 1 N–H and O–H groups in total. The Morgan fingerprint density at radius 1 is 0.974 bits per heavy atom. The molecule has 2 aliphatic heterocycles. The number of piperazine rings is 1. The van der Waals surface area contributed by atoms with E-state index < -0.39 is 17.7 Å². The number of ether oxygens (including phenoxy) is 1. The maximum atomic E-state index is 14.3. The molecule has 0 radical (unpaired) electrons. The van der Waals surface area contributed by atoms with E-state index in [-0.39, 0.29) is 24.3 Å². The molecule has 2 heterocycles. The van der Waals surface area contributed by atoms with Gasteiger partial charge in [-0.05, 0) is 76.3 Å². The molecule has 2 saturated heterocycles. The highest BCUT2D eigenvalue weighted by atomic mass is 35.5. The number of hydrogen-bond acceptors (Lipinski definition) is 5. The third-order valence-corrected chi connectivity index (χ3v) is 7.79. The summed E-state index contributed by atoms with van der Waals surface area (Å²) in [6.07, 6.45) is 3.58. The molecule has 39 heavy (non-hydrogen) atoms. The van der Waals surface area contributed by atoms with Crippen molar-refractivity contribution >= 4 is 40.9 Å². The predicted octanol–water partition coefficient (Wildman–Crippen LogP) is 5.72. The highest BCUT2D eigenvalue weighted by Crippen LogP contribution is 2.36. The van der Waals surface area contributed by atoms with Crippen LogP contribution in [0, 0.1) is 5.92 Å². The SMILES string of the molecule is CC(C)(C)OC(=O)N1CCN(C(=O)c2ccc(NC(=O)C3CC3)cc2N2CCCC2)C(c2ccccc2Cl)C1. The Morgan fingerprint density at radius 3 is 2.36 bits per heavy atom. The smallest absolute Gasteiger partial charge is 0.410 e. The van der Waals surface area contributed by atoms with Crippen molar-refractivity contribution in [1.82, 2.24) is 9.80 Å². The molecule has 2 aromatic carbocycles. The normalized spacial score (nSPS) is 19.7. The van der Waals surface area contributed by atoms with E-state index in [0.29, 0.717) is 29.4 Å². The zero-order valence-electron chi connectivity index (χ0n) is 22.9. The topological polar surface area (TPSA) is 82.2 Å². The summed E-state index contributed by atoms with van der Waals surface area (Å²) in [6.45, 7) is 8.22. The molecule has 0 spiro atoms. The van der Waals surface area contributed by atoms with Gasteiger partial charge in [-0.15, -0.1) is 0 Å². The minimum atomic E-state index is -0.620. The second-order valence-corrected chi connectivity index (χ2v) is 12.1. The average Bonchev–Trinajstić information content (AvgIpc) is 3.61. The first-order valence-corrected chi connectivity index (χ1v) is 14.2. The van der Waals surface area contributed by atoms with Crippen LogP contribution in [0.15, 0.2) is 42.5 Å². The number of anilines is 2. The fourth-order valence-corrected chi connectivity index (χ4v) is 5.55. The Balaban J connectivity index is 1.46. The number of carbonyl (C=O) groups is 3. The summed E-state index contributed by atoms with van der Waals surface area (Å²) in [5.41, 5.74) is 2.30. The van der Waals surface area contributed by atoms with Crippen molar-refractivity contribution in [3.63, 3.8) is 0 Å². The average molecular weight is 553 g/mol. The summed E-state index contributed by atoms with van der Waals surface area (Å²) in [5, 5.41) is 3.57. The second-order valence-electron chi connectivity index (χ2n) is 11.7. The summed E-state index contributed by atoms with van der Waals surface area (Å²) in [6, 6.07) is 12.6. The Kier molecular flexibility index (Phi) is 7.76. The monoisotopic (exact) mass is 552 g/mol. The summed E-state index contributed by atoms with van der Waals surface area (Å²) in [4.78, 5) is 45.3. The van der Waals surface area contributed by atoms with Crippen LogP contribution in [0.5, 0.6) is 0 Å². The van der Waals surface area contributed by atoms with Crippen molar-refractivity contribution in [1.29, 1.82) is 0 Å². The fraction of sp³-hybridized carbons (Fsp3) is 0.500. The van der Waals surface area contributed by atoms with Gasteiger partial charge in [0, 0.05) is 49.4 Å². The molecule has 8 nitrogen and oxygen atoms in total. The molecule has 1 aliphatic carbocycles. The molecule has 0 aromatic heterocycles. The third-order valence-electron chi connectivity index (χ3n) is 7.45. The van der Waals surface area contributed by atoms with Gasteiger partial charge in [0.15, 0.2) is 0 Å². The van der Waals surface area contributed by atoms with Gasteiger partial charge >= 0.3 is 6.09 Å². The van der Waals surface area contributed by atoms with E-state index in [4.69, 9.17) is 16.3 Å². The number of rotatable bonds is 5. The molecule has 3 aliphatic rings. The van der Waals surface area contributed by atoms with Crippen molar-refractivity contribution in [3.8, 4) is 0 Å². The van der Waals surface area contributed by atoms with Crippen LogP contribution in [0.4, 0.5) is 16.2 Å². The van der Waals surface area contributed by atoms with Gasteiger partial charge < -0.3 is 24.8 Å². The molecule has 0 bridgehead atoms. The molecule has 208 valence electrons. The maximum Gasteiger partial charge on any atom is 0.410 e. The standard InChI is InChI=1S/C30H37ClN4O4/c1-30(2,3)39-29(38)34-16-17-35(26(19-34)22-8-4-5-9-24(22)31)28(37)23-13-12-21(32-27(36)20-10-11-20)18-25(23)33-14-6-7-15-33/h4-5,8-9,12-13,18,20,26H,6-7,10-11,14-17,19H2,1-3H3,(H,32,36). The second kappa shape index (κ2) is 11.1. The van der Waals surface area contributed by atoms with Gasteiger partial charge in [-0.2, -0.15) is 0 Å². The Bertz CT molecular complexity index is 1250. The molecule has 1 atom stereocenters. The van der Waals surface area contributed by atoms with Crippen molar-refractivity contribution in [2.75, 3.05) is 42.9 Å². The molecule has 2 aromatic rings. The van der Waals surface area contributed by atoms with E-state index in [9.17, 15) is 14.4 Å². The minimum absolute atomic E-state index is 0.0403. The van der Waals surface area contributed by atoms with Gasteiger partial charge in [0.2, 0.25) is 5.91 Å². The fourth-order valence-electron chi connectivity index (χ4n) is 5.28. The van der Waals surface area contributed by atoms with E-state index in [0.717, 1.165) is 50.0 Å². The number of hydrogen-bond donors (Lipinski definition) is 1. The summed E-state index contributed by atoms with van der Waals surface area (Å²) < 4.78 is 5.63. The summed E-state index contributed by atoms with van der Waals surface area (Å²) in [7, 11) is 0. The van der Waals surface area contributed by atoms with Gasteiger partial charge in [0.1, 0.15) is 5.60 Å². The lowest BCUT2D eigenvalue weighted by atomic mass is 10.00. The van der Waals surface area contributed by atoms with E-state index in [2.05, 4.69) is 10.2 Å². The van der Waals surface area contributed by atoms with Gasteiger partial charge in [0.05, 0.1) is 17.3 Å². The lowest BCUT2D eigenvalue weighted by Gasteiger charge is -2.42. The van der Waals surface area contributed by atoms with Gasteiger partial charge in [0.25, 0.3) is 5.91 Å². The number of carbonyl (C=O) groups excluding carboxylic acids is 3. The first-order chi connectivity index (χ1) is 18.6. The van der Waals surface area contributed by atoms with Crippen molar-refractivity contribution in [2.45, 2.75) is 58.1 Å². The number of nitrogens with one attached hydrogen (secondary N) is 1. The maximum absolute atomic E-state index is 14.3. The van der Waals surface area contributed by atoms with E-state index in [1.165, 1.54) is 0 Å². The zero-order valence-corrected chi connectivity index (χ0v) is 23.7. The molecule has 3 fully saturated rings. The number of benzene rings is 2. The number of amides is 3. The lowest BCUT2D eigenvalue weighted by molar-refractivity contribution is -0.117. The Morgan fingerprint density at radius 2 is 1.69 bits per heavy atom. The third kappa shape index (κ3) is 6.32. The minimum Gasteiger partial charge on any atom is -0.444 e. The van der Waals surface area contributed by atoms with Crippen LogP contribution < -0.4 is 10.2 Å². The van der Waals surface area contributed by atoms with Crippen LogP contribution >= 0.6 is 11.6 Å². The largest absolute Gasteiger partial charge is 0.444 e. The molecule has 9 heteroatoms. The summed E-state index contributed by atoms with van der Waals surface area (Å²) in [5.74, 6) is 0.0171. The van der Waals surface area contributed by atoms with Crippen LogP contribution in [-0.2, 0) is 9.53 Å². The lowest BCUT2D eigenvalue weighted by Crippen LogP contribution is -2.53. The summed E-state index contributed by atoms with van der Waals surface area (Å²) >= 11 is 6.62. The first kappa shape index (κ1) is 27.3. The first-order valence-electron chi connectivity index (χ1n) is 13.8. The molecule has 3 amide bonds. The Labute approximate surface area is 235 Å². The number of nitrogens with zero attached hydrogens (tertiary/aromatic N) is 3. The van der Waals surface area contributed by atoms with Gasteiger partial charge in [-0.3, -0.25) is 9.59 Å². The van der Waals surface area contributed by atoms with Crippen LogP contribution in [0.25, 0.3) is 0 Å².